The summed E-state index contributed by atoms with van der Waals surface area (Å²) in [5.74, 6) is -2.12. The molecule has 4 nitrogen and oxygen atoms in total. The molecule has 0 spiro atoms. The van der Waals surface area contributed by atoms with Crippen LogP contribution >= 0.6 is 0 Å². The summed E-state index contributed by atoms with van der Waals surface area (Å²) in [6.07, 6.45) is 0. The molecule has 0 fully saturated rings. The maximum absolute atomic E-state index is 12.0. The lowest BCUT2D eigenvalue weighted by molar-refractivity contribution is -0.156. The minimum absolute atomic E-state index is 0.236. The first-order valence-corrected chi connectivity index (χ1v) is 6.41. The third kappa shape index (κ3) is 3.81. The Morgan fingerprint density at radius 3 is 2.00 bits per heavy atom. The molecule has 0 unspecified atom stereocenters. The van der Waals surface area contributed by atoms with Crippen LogP contribution in [0.4, 0.5) is 0 Å². The maximum atomic E-state index is 12.0. The molecule has 0 saturated carbocycles. The van der Waals surface area contributed by atoms with Crippen molar-refractivity contribution < 1.29 is 19.1 Å². The van der Waals surface area contributed by atoms with Crippen LogP contribution in [0.5, 0.6) is 0 Å². The number of aryl methyl sites for hydroxylation is 2. The van der Waals surface area contributed by atoms with E-state index in [0.29, 0.717) is 5.56 Å². The zero-order chi connectivity index (χ0) is 14.4. The molecule has 0 heterocycles. The molecule has 0 aliphatic carbocycles. The van der Waals surface area contributed by atoms with Crippen molar-refractivity contribution in [1.29, 1.82) is 0 Å². The van der Waals surface area contributed by atoms with Crippen molar-refractivity contribution in [2.75, 3.05) is 13.2 Å². The van der Waals surface area contributed by atoms with Crippen molar-refractivity contribution in [3.05, 3.63) is 34.9 Å². The first-order valence-electron chi connectivity index (χ1n) is 6.41. The van der Waals surface area contributed by atoms with E-state index in [1.807, 2.05) is 26.0 Å². The van der Waals surface area contributed by atoms with Gasteiger partial charge in [0.15, 0.2) is 5.92 Å². The summed E-state index contributed by atoms with van der Waals surface area (Å²) >= 11 is 0. The first kappa shape index (κ1) is 15.2. The Hall–Kier alpha value is -1.84. The number of benzene rings is 1. The zero-order valence-corrected chi connectivity index (χ0v) is 11.9. The van der Waals surface area contributed by atoms with Crippen LogP contribution in [0.25, 0.3) is 0 Å². The quantitative estimate of drug-likeness (QED) is 0.605. The second kappa shape index (κ2) is 6.92. The Balaban J connectivity index is 3.14. The van der Waals surface area contributed by atoms with Crippen LogP contribution in [-0.2, 0) is 19.1 Å². The van der Waals surface area contributed by atoms with Crippen LogP contribution in [0.1, 0.15) is 36.5 Å². The number of hydrogen-bond acceptors (Lipinski definition) is 4. The van der Waals surface area contributed by atoms with Crippen molar-refractivity contribution in [3.8, 4) is 0 Å². The van der Waals surface area contributed by atoms with Gasteiger partial charge in [-0.05, 0) is 38.8 Å². The summed E-state index contributed by atoms with van der Waals surface area (Å²) in [5.41, 5.74) is 2.60. The van der Waals surface area contributed by atoms with Crippen LogP contribution in [0, 0.1) is 13.8 Å². The van der Waals surface area contributed by atoms with Gasteiger partial charge in [0.25, 0.3) is 0 Å². The molecule has 19 heavy (non-hydrogen) atoms. The molecule has 0 bridgehead atoms. The number of carbonyl (C=O) groups is 2. The maximum Gasteiger partial charge on any atom is 0.324 e. The van der Waals surface area contributed by atoms with E-state index in [9.17, 15) is 9.59 Å². The van der Waals surface area contributed by atoms with E-state index >= 15 is 0 Å². The van der Waals surface area contributed by atoms with Gasteiger partial charge in [-0.1, -0.05) is 23.8 Å². The third-order valence-electron chi connectivity index (χ3n) is 2.78. The molecular weight excluding hydrogens is 244 g/mol. The molecule has 1 rings (SSSR count). The highest BCUT2D eigenvalue weighted by Crippen LogP contribution is 2.24. The zero-order valence-electron chi connectivity index (χ0n) is 11.9. The summed E-state index contributed by atoms with van der Waals surface area (Å²) in [4.78, 5) is 23.9. The molecular formula is C15H20O4. The fourth-order valence-electron chi connectivity index (χ4n) is 1.95. The molecule has 0 radical (unpaired) electrons. The van der Waals surface area contributed by atoms with E-state index in [4.69, 9.17) is 9.47 Å². The fraction of sp³-hybridized carbons (Fsp3) is 0.467. The van der Waals surface area contributed by atoms with Gasteiger partial charge in [-0.15, -0.1) is 0 Å². The Morgan fingerprint density at radius 2 is 1.58 bits per heavy atom. The second-order valence-electron chi connectivity index (χ2n) is 4.30. The molecule has 0 N–H and O–H groups in total. The van der Waals surface area contributed by atoms with Gasteiger partial charge in [0, 0.05) is 0 Å². The van der Waals surface area contributed by atoms with Crippen LogP contribution in [0.3, 0.4) is 0 Å². The molecule has 1 aromatic rings. The number of esters is 2. The van der Waals surface area contributed by atoms with Gasteiger partial charge in [-0.25, -0.2) is 0 Å². The molecule has 1 aromatic carbocycles. The van der Waals surface area contributed by atoms with Gasteiger partial charge in [0.05, 0.1) is 13.2 Å². The predicted molar refractivity (Wildman–Crippen MR) is 71.9 cm³/mol. The van der Waals surface area contributed by atoms with Gasteiger partial charge in [0.1, 0.15) is 0 Å². The van der Waals surface area contributed by atoms with E-state index in [2.05, 4.69) is 0 Å². The predicted octanol–water partition coefficient (Wildman–Crippen LogP) is 2.51. The molecule has 104 valence electrons. The largest absolute Gasteiger partial charge is 0.465 e. The summed E-state index contributed by atoms with van der Waals surface area (Å²) in [6, 6.07) is 5.58. The van der Waals surface area contributed by atoms with Gasteiger partial charge in [-0.2, -0.15) is 0 Å². The average molecular weight is 264 g/mol. The Labute approximate surface area is 113 Å². The molecule has 0 atom stereocenters. The molecule has 0 aromatic heterocycles. The molecule has 0 saturated heterocycles. The van der Waals surface area contributed by atoms with Crippen LogP contribution in [0.2, 0.25) is 0 Å². The molecule has 4 heteroatoms. The monoisotopic (exact) mass is 264 g/mol. The average Bonchev–Trinajstić information content (AvgIpc) is 2.33. The van der Waals surface area contributed by atoms with Crippen LogP contribution < -0.4 is 0 Å². The first-order chi connectivity index (χ1) is 9.01. The molecule has 0 aliphatic rings. The van der Waals surface area contributed by atoms with Crippen molar-refractivity contribution >= 4 is 11.9 Å². The van der Waals surface area contributed by atoms with Crippen molar-refractivity contribution in [3.63, 3.8) is 0 Å². The fourth-order valence-corrected chi connectivity index (χ4v) is 1.95. The lowest BCUT2D eigenvalue weighted by Gasteiger charge is -2.17. The third-order valence-corrected chi connectivity index (χ3v) is 2.78. The minimum atomic E-state index is -1.000. The van der Waals surface area contributed by atoms with Gasteiger partial charge in [0.2, 0.25) is 0 Å². The van der Waals surface area contributed by atoms with Crippen molar-refractivity contribution in [1.82, 2.24) is 0 Å². The number of ether oxygens (including phenoxy) is 2. The summed E-state index contributed by atoms with van der Waals surface area (Å²) in [7, 11) is 0. The summed E-state index contributed by atoms with van der Waals surface area (Å²) < 4.78 is 9.94. The number of carbonyl (C=O) groups excluding carboxylic acids is 2. The van der Waals surface area contributed by atoms with E-state index in [-0.39, 0.29) is 13.2 Å². The Kier molecular flexibility index (Phi) is 5.55. The summed E-state index contributed by atoms with van der Waals surface area (Å²) in [6.45, 7) is 7.72. The highest BCUT2D eigenvalue weighted by molar-refractivity contribution is 6.01. The highest BCUT2D eigenvalue weighted by Gasteiger charge is 2.32. The van der Waals surface area contributed by atoms with E-state index in [0.717, 1.165) is 11.1 Å². The lowest BCUT2D eigenvalue weighted by Crippen LogP contribution is -2.26. The lowest BCUT2D eigenvalue weighted by atomic mass is 9.93. The standard InChI is InChI=1S/C15H20O4/c1-5-18-14(16)13(15(17)19-6-2)12-8-7-10(3)9-11(12)4/h7-9,13H,5-6H2,1-4H3. The van der Waals surface area contributed by atoms with Gasteiger partial charge < -0.3 is 9.47 Å². The van der Waals surface area contributed by atoms with Crippen LogP contribution in [-0.4, -0.2) is 25.2 Å². The topological polar surface area (TPSA) is 52.6 Å². The normalized spacial score (nSPS) is 10.4. The van der Waals surface area contributed by atoms with E-state index < -0.39 is 17.9 Å². The van der Waals surface area contributed by atoms with E-state index in [1.165, 1.54) is 0 Å². The number of hydrogen-bond donors (Lipinski definition) is 0. The van der Waals surface area contributed by atoms with Gasteiger partial charge in [-0.3, -0.25) is 9.59 Å². The molecule has 0 aliphatic heterocycles. The smallest absolute Gasteiger partial charge is 0.324 e. The van der Waals surface area contributed by atoms with Crippen molar-refractivity contribution in [2.45, 2.75) is 33.6 Å². The SMILES string of the molecule is CCOC(=O)C(C(=O)OCC)c1ccc(C)cc1C. The van der Waals surface area contributed by atoms with Crippen LogP contribution in [0.15, 0.2) is 18.2 Å². The highest BCUT2D eigenvalue weighted by atomic mass is 16.6. The second-order valence-corrected chi connectivity index (χ2v) is 4.30. The van der Waals surface area contributed by atoms with Crippen molar-refractivity contribution in [2.24, 2.45) is 0 Å². The van der Waals surface area contributed by atoms with E-state index in [1.54, 1.807) is 19.9 Å². The number of rotatable bonds is 5. The summed E-state index contributed by atoms with van der Waals surface area (Å²) in [5, 5.41) is 0. The Morgan fingerprint density at radius 1 is 1.05 bits per heavy atom. The molecule has 0 amide bonds. The minimum Gasteiger partial charge on any atom is -0.465 e. The Bertz CT molecular complexity index is 447. The van der Waals surface area contributed by atoms with Gasteiger partial charge >= 0.3 is 11.9 Å².